The van der Waals surface area contributed by atoms with Gasteiger partial charge in [0.1, 0.15) is 0 Å². The van der Waals surface area contributed by atoms with E-state index in [4.69, 9.17) is 0 Å². The first kappa shape index (κ1) is 7.57. The van der Waals surface area contributed by atoms with Crippen molar-refractivity contribution in [3.63, 3.8) is 0 Å². The van der Waals surface area contributed by atoms with Crippen molar-refractivity contribution in [1.29, 1.82) is 0 Å². The Morgan fingerprint density at radius 2 is 1.43 bits per heavy atom. The minimum atomic E-state index is 0. The molecule has 2 heteroatoms. The van der Waals surface area contributed by atoms with Gasteiger partial charge in [-0.3, -0.25) is 0 Å². The zero-order chi connectivity index (χ0) is 4.24. The van der Waals surface area contributed by atoms with E-state index >= 15 is 0 Å². The third-order valence-electron chi connectivity index (χ3n) is 0.667. The van der Waals surface area contributed by atoms with E-state index in [2.05, 4.69) is 29.6 Å². The molecule has 0 aromatic carbocycles. The van der Waals surface area contributed by atoms with E-state index in [0.29, 0.717) is 9.12 Å². The Bertz CT molecular complexity index is 80.0. The minimum absolute atomic E-state index is 0. The van der Waals surface area contributed by atoms with Gasteiger partial charge in [-0.1, -0.05) is 29.6 Å². The summed E-state index contributed by atoms with van der Waals surface area (Å²) in [6.45, 7) is 0. The molecule has 0 aliphatic rings. The first-order chi connectivity index (χ1) is 3.00. The van der Waals surface area contributed by atoms with E-state index < -0.39 is 0 Å². The molecule has 7 heavy (non-hydrogen) atoms. The van der Waals surface area contributed by atoms with E-state index in [9.17, 15) is 0 Å². The fourth-order valence-corrected chi connectivity index (χ4v) is 1.03. The first-order valence-corrected chi connectivity index (χ1v) is 3.33. The van der Waals surface area contributed by atoms with Crippen molar-refractivity contribution in [3.05, 3.63) is 29.6 Å². The largest absolute Gasteiger partial charge is 0.0805 e. The van der Waals surface area contributed by atoms with Crippen LogP contribution in [0.5, 0.6) is 0 Å². The molecule has 0 amide bonds. The Hall–Kier alpha value is 0.567. The normalized spacial score (nSPS) is 6.86. The van der Waals surface area contributed by atoms with Crippen molar-refractivity contribution in [1.82, 2.24) is 0 Å². The van der Waals surface area contributed by atoms with Gasteiger partial charge in [0.25, 0.3) is 0 Å². The molecular weight excluding hydrogens is 111 g/mol. The fraction of sp³-hybridized carbons (Fsp3) is 0. The predicted molar refractivity (Wildman–Crippen MR) is 34.9 cm³/mol. The Kier molecular flexibility index (Phi) is 5.10. The summed E-state index contributed by atoms with van der Waals surface area (Å²) in [6, 6.07) is 6.24. The maximum atomic E-state index is 2.21. The van der Waals surface area contributed by atoms with Crippen molar-refractivity contribution < 1.29 is 0 Å². The van der Waals surface area contributed by atoms with Gasteiger partial charge < -0.3 is 0 Å². The molecule has 0 N–H and O–H groups in total. The van der Waals surface area contributed by atoms with Crippen molar-refractivity contribution >= 4 is 38.7 Å². The third kappa shape index (κ3) is 3.18. The van der Waals surface area contributed by atoms with Crippen LogP contribution in [0.3, 0.4) is 0 Å². The van der Waals surface area contributed by atoms with Crippen LogP contribution >= 0.6 is 0 Å². The molecule has 0 unspecified atom stereocenters. The molecular formula is C5H6NaSi. The Morgan fingerprint density at radius 1 is 0.857 bits per heavy atom. The first-order valence-electron chi connectivity index (χ1n) is 2.00. The van der Waals surface area contributed by atoms with E-state index in [1.807, 2.05) is 0 Å². The molecule has 0 aliphatic heterocycles. The second-order valence-electron chi connectivity index (χ2n) is 1.15. The Balaban J connectivity index is 0.000000360. The van der Waals surface area contributed by atoms with Crippen LogP contribution in [-0.4, -0.2) is 38.7 Å². The summed E-state index contributed by atoms with van der Waals surface area (Å²) >= 11 is 0. The van der Waals surface area contributed by atoms with Crippen LogP contribution in [0.15, 0.2) is 29.6 Å². The molecule has 1 aromatic rings. The second-order valence-corrected chi connectivity index (χ2v) is 2.31. The Morgan fingerprint density at radius 3 is 1.57 bits per heavy atom. The van der Waals surface area contributed by atoms with Gasteiger partial charge in [0, 0.05) is 38.7 Å². The van der Waals surface area contributed by atoms with E-state index in [-0.39, 0.29) is 29.6 Å². The van der Waals surface area contributed by atoms with Crippen LogP contribution in [0.25, 0.3) is 0 Å². The summed E-state index contributed by atoms with van der Waals surface area (Å²) in [4.78, 5) is 0. The minimum Gasteiger partial charge on any atom is -0.0805 e. The van der Waals surface area contributed by atoms with Crippen molar-refractivity contribution in [3.8, 4) is 0 Å². The summed E-state index contributed by atoms with van der Waals surface area (Å²) in [6.07, 6.45) is 0. The summed E-state index contributed by atoms with van der Waals surface area (Å²) in [7, 11) is 0.513. The number of rotatable bonds is 0. The molecule has 0 saturated heterocycles. The quantitative estimate of drug-likeness (QED) is 0.431. The number of hydrogen-bond acceptors (Lipinski definition) is 0. The summed E-state index contributed by atoms with van der Waals surface area (Å²) in [5.74, 6) is 0. The van der Waals surface area contributed by atoms with Gasteiger partial charge in [-0.05, 0) is 0 Å². The van der Waals surface area contributed by atoms with Gasteiger partial charge in [0.2, 0.25) is 0 Å². The van der Waals surface area contributed by atoms with Crippen LogP contribution < -0.4 is 0 Å². The van der Waals surface area contributed by atoms with E-state index in [1.165, 1.54) is 0 Å². The van der Waals surface area contributed by atoms with Gasteiger partial charge in [-0.25, -0.2) is 0 Å². The molecule has 0 bridgehead atoms. The standard InChI is InChI=1S/C5H6Si.Na/c1-2-4-6-5-3-1;/h1-6H;. The SMILES string of the molecule is [Na].c1cc[siH]cc1. The van der Waals surface area contributed by atoms with E-state index in [1.54, 1.807) is 0 Å². The van der Waals surface area contributed by atoms with Gasteiger partial charge in [-0.15, -0.1) is 0 Å². The molecule has 31 valence electrons. The predicted octanol–water partition coefficient (Wildman–Crippen LogP) is 0.376. The molecule has 1 aromatic heterocycles. The fourth-order valence-electron chi connectivity index (χ4n) is 0.385. The molecule has 0 saturated carbocycles. The third-order valence-corrected chi connectivity index (χ3v) is 1.56. The van der Waals surface area contributed by atoms with Crippen molar-refractivity contribution in [2.24, 2.45) is 0 Å². The Labute approximate surface area is 68.0 Å². The van der Waals surface area contributed by atoms with Crippen LogP contribution in [-0.2, 0) is 0 Å². The average Bonchev–Trinajstić information content (AvgIpc) is 1.72. The zero-order valence-electron chi connectivity index (χ0n) is 4.46. The van der Waals surface area contributed by atoms with Crippen LogP contribution in [0, 0.1) is 0 Å². The maximum absolute atomic E-state index is 2.21. The molecule has 1 heterocycles. The number of hydrogen-bond donors (Lipinski definition) is 0. The molecule has 1 rings (SSSR count). The van der Waals surface area contributed by atoms with Crippen LogP contribution in [0.4, 0.5) is 0 Å². The van der Waals surface area contributed by atoms with Gasteiger partial charge in [0.15, 0.2) is 0 Å². The van der Waals surface area contributed by atoms with Gasteiger partial charge in [0.05, 0.1) is 0 Å². The molecule has 0 aliphatic carbocycles. The molecule has 0 fully saturated rings. The van der Waals surface area contributed by atoms with E-state index in [0.717, 1.165) is 0 Å². The monoisotopic (exact) mass is 117 g/mol. The zero-order valence-corrected chi connectivity index (χ0v) is 7.62. The second kappa shape index (κ2) is 4.72. The molecule has 0 atom stereocenters. The van der Waals surface area contributed by atoms with Crippen LogP contribution in [0.1, 0.15) is 0 Å². The molecule has 0 nitrogen and oxygen atoms in total. The summed E-state index contributed by atoms with van der Waals surface area (Å²) in [5.41, 5.74) is 4.42. The smallest absolute Gasteiger partial charge is 0.0198 e. The summed E-state index contributed by atoms with van der Waals surface area (Å²) in [5, 5.41) is 0. The summed E-state index contributed by atoms with van der Waals surface area (Å²) < 4.78 is 0. The van der Waals surface area contributed by atoms with Gasteiger partial charge in [-0.2, -0.15) is 0 Å². The van der Waals surface area contributed by atoms with Crippen molar-refractivity contribution in [2.45, 2.75) is 0 Å². The van der Waals surface area contributed by atoms with Gasteiger partial charge >= 0.3 is 0 Å². The van der Waals surface area contributed by atoms with Crippen molar-refractivity contribution in [2.75, 3.05) is 0 Å². The average molecular weight is 117 g/mol. The topological polar surface area (TPSA) is 0 Å². The molecule has 1 radical (unpaired) electrons. The molecule has 0 spiro atoms. The van der Waals surface area contributed by atoms with Crippen LogP contribution in [0.2, 0.25) is 0 Å². The maximum Gasteiger partial charge on any atom is 0.0198 e.